The Labute approximate surface area is 492 Å². The van der Waals surface area contributed by atoms with Crippen molar-refractivity contribution >= 4 is 0 Å². The lowest BCUT2D eigenvalue weighted by Gasteiger charge is -2.09. The molecule has 5 nitrogen and oxygen atoms in total. The summed E-state index contributed by atoms with van der Waals surface area (Å²) in [5.41, 5.74) is 24.8. The average Bonchev–Trinajstić information content (AvgIpc) is 3.64. The first kappa shape index (κ1) is 57.5. The van der Waals surface area contributed by atoms with E-state index in [1.54, 1.807) is 12.1 Å². The number of rotatable bonds is 9. The molecule has 0 atom stereocenters. The maximum Gasteiger partial charge on any atom is 0.212 e. The lowest BCUT2D eigenvalue weighted by molar-refractivity contribution is -0.660. The Morgan fingerprint density at radius 2 is 0.654 bits per heavy atom. The molecule has 81 heavy (non-hydrogen) atoms. The van der Waals surface area contributed by atoms with Gasteiger partial charge in [0.15, 0.2) is 31.0 Å². The van der Waals surface area contributed by atoms with Gasteiger partial charge in [-0.1, -0.05) is 106 Å². The molecular formula is C76H92N5+5. The summed E-state index contributed by atoms with van der Waals surface area (Å²) in [5.74, 6) is 1.30. The zero-order chi connectivity index (χ0) is 61.3. The second-order valence-corrected chi connectivity index (χ2v) is 22.3. The molecule has 5 heteroatoms. The van der Waals surface area contributed by atoms with Gasteiger partial charge >= 0.3 is 0 Å². The molecule has 5 aromatic carbocycles. The summed E-state index contributed by atoms with van der Waals surface area (Å²) in [6, 6.07) is 63.4. The highest BCUT2D eigenvalue weighted by molar-refractivity contribution is 5.65. The zero-order valence-electron chi connectivity index (χ0n) is 54.5. The number of hydrogen-bond donors (Lipinski definition) is 0. The van der Waals surface area contributed by atoms with Gasteiger partial charge in [-0.3, -0.25) is 0 Å². The fourth-order valence-corrected chi connectivity index (χ4v) is 10.2. The van der Waals surface area contributed by atoms with Crippen molar-refractivity contribution in [2.24, 2.45) is 41.2 Å². The van der Waals surface area contributed by atoms with Crippen LogP contribution in [0.4, 0.5) is 0 Å². The third kappa shape index (κ3) is 17.4. The van der Waals surface area contributed by atoms with Gasteiger partial charge in [0.2, 0.25) is 28.5 Å². The van der Waals surface area contributed by atoms with E-state index in [9.17, 15) is 0 Å². The van der Waals surface area contributed by atoms with Crippen LogP contribution in [-0.4, -0.2) is 0 Å². The quantitative estimate of drug-likeness (QED) is 0.128. The summed E-state index contributed by atoms with van der Waals surface area (Å²) in [6.07, 6.45) is 12.6. The lowest BCUT2D eigenvalue weighted by Crippen LogP contribution is -2.30. The molecular weight excluding hydrogens is 983 g/mol. The summed E-state index contributed by atoms with van der Waals surface area (Å²) in [4.78, 5) is 0. The van der Waals surface area contributed by atoms with Crippen molar-refractivity contribution in [3.05, 3.63) is 269 Å². The van der Waals surface area contributed by atoms with Crippen molar-refractivity contribution in [2.45, 2.75) is 102 Å². The van der Waals surface area contributed by atoms with Crippen LogP contribution in [0.25, 0.3) is 56.3 Å². The van der Waals surface area contributed by atoms with Crippen LogP contribution in [-0.2, 0) is 48.1 Å². The molecule has 0 N–H and O–H groups in total. The largest absolute Gasteiger partial charge is 0.212 e. The van der Waals surface area contributed by atoms with Gasteiger partial charge in [0.25, 0.3) is 0 Å². The number of aryl methyl sites for hydroxylation is 13. The molecule has 10 rings (SSSR count). The molecule has 0 unspecified atom stereocenters. The van der Waals surface area contributed by atoms with Crippen LogP contribution in [0.1, 0.15) is 100 Å². The average molecular weight is 1080 g/mol. The van der Waals surface area contributed by atoms with Gasteiger partial charge in [-0.2, -0.15) is 0 Å². The Morgan fingerprint density at radius 3 is 0.963 bits per heavy atom. The van der Waals surface area contributed by atoms with Gasteiger partial charge in [-0.05, 0) is 178 Å². The van der Waals surface area contributed by atoms with Gasteiger partial charge in [0.05, 0.1) is 0 Å². The second kappa shape index (κ2) is 29.9. The highest BCUT2D eigenvalue weighted by atomic mass is 14.9. The molecule has 0 aliphatic heterocycles. The molecule has 5 aromatic heterocycles. The smallest absolute Gasteiger partial charge is 0.201 e. The highest BCUT2D eigenvalue weighted by Gasteiger charge is 2.16. The van der Waals surface area contributed by atoms with Crippen molar-refractivity contribution in [1.29, 1.82) is 0 Å². The van der Waals surface area contributed by atoms with E-state index in [2.05, 4.69) is 280 Å². The fourth-order valence-electron chi connectivity index (χ4n) is 10.2. The summed E-state index contributed by atoms with van der Waals surface area (Å²) < 4.78 is 32.9. The van der Waals surface area contributed by atoms with Crippen molar-refractivity contribution in [1.82, 2.24) is 0 Å². The van der Waals surface area contributed by atoms with Gasteiger partial charge in [-0.25, -0.2) is 22.8 Å². The third-order valence-electron chi connectivity index (χ3n) is 14.8. The minimum atomic E-state index is -2.04. The Morgan fingerprint density at radius 1 is 0.346 bits per heavy atom. The molecule has 416 valence electrons. The summed E-state index contributed by atoms with van der Waals surface area (Å²) in [6.45, 7) is 21.9. The Balaban J connectivity index is 0.000000169. The Kier molecular flexibility index (Phi) is 21.2. The van der Waals surface area contributed by atoms with Crippen LogP contribution < -0.4 is 22.8 Å². The molecule has 5 heterocycles. The molecule has 0 radical (unpaired) electrons. The topological polar surface area (TPSA) is 19.4 Å². The Bertz CT molecular complexity index is 3780. The first-order chi connectivity index (χ1) is 40.0. The molecule has 10 aromatic rings. The number of pyridine rings is 5. The van der Waals surface area contributed by atoms with E-state index < -0.39 is 6.85 Å². The molecule has 0 bridgehead atoms. The van der Waals surface area contributed by atoms with Crippen LogP contribution in [0, 0.1) is 54.3 Å². The first-order valence-electron chi connectivity index (χ1n) is 30.2. The lowest BCUT2D eigenvalue weighted by atomic mass is 9.96. The number of nitrogens with zero attached hydrogens (tertiary/aromatic N) is 5. The number of benzene rings is 5. The molecule has 0 spiro atoms. The predicted molar refractivity (Wildman–Crippen MR) is 340 cm³/mol. The maximum atomic E-state index is 7.42. The van der Waals surface area contributed by atoms with Crippen molar-refractivity contribution in [3.63, 3.8) is 0 Å². The summed E-state index contributed by atoms with van der Waals surface area (Å²) in [7, 11) is 10.3. The van der Waals surface area contributed by atoms with Crippen LogP contribution in [0.15, 0.2) is 213 Å². The molecule has 0 saturated carbocycles. The normalized spacial score (nSPS) is 11.3. The summed E-state index contributed by atoms with van der Waals surface area (Å²) >= 11 is 0. The summed E-state index contributed by atoms with van der Waals surface area (Å²) in [5, 5.41) is 0. The van der Waals surface area contributed by atoms with E-state index >= 15 is 0 Å². The minimum absolute atomic E-state index is 0.391. The predicted octanol–water partition coefficient (Wildman–Crippen LogP) is 15.9. The van der Waals surface area contributed by atoms with Gasteiger partial charge in [-0.15, -0.1) is 0 Å². The minimum Gasteiger partial charge on any atom is -0.201 e. The van der Waals surface area contributed by atoms with Crippen LogP contribution in [0.3, 0.4) is 0 Å². The van der Waals surface area contributed by atoms with E-state index in [0.29, 0.717) is 17.4 Å². The first-order valence-corrected chi connectivity index (χ1v) is 28.7. The van der Waals surface area contributed by atoms with E-state index in [-0.39, 0.29) is 0 Å². The van der Waals surface area contributed by atoms with Crippen molar-refractivity contribution in [2.75, 3.05) is 0 Å². The standard InChI is InChI=1S/C17H22N.C16H20N.C15H18N.2C14H16N/c1-13(2)11-15-8-9-16(14(3)12-15)17-7-5-6-10-18(17)4;1-12(2)14-8-9-15(13(3)11-14)16-7-5-6-10-17(16)4;1-4-13-8-9-14(12(2)11-13)15-7-5-6-10-16(15)3;2*1-11-7-8-13(12(2)10-11)14-6-4-5-9-15(14)3/h5-10,12-13H,11H2,1-4H3;5-12H,1-4H3;5-11H,4H2,1-3H3;2*4-10H,1-3H3/q5*+1/i;;;1D3;. The molecule has 0 saturated heterocycles. The van der Waals surface area contributed by atoms with Gasteiger partial charge in [0, 0.05) is 92.6 Å². The van der Waals surface area contributed by atoms with Gasteiger partial charge < -0.3 is 0 Å². The fraction of sp³-hybridized carbons (Fsp3) is 0.276. The molecule has 0 fully saturated rings. The Hall–Kier alpha value is -8.15. The SMILES string of the molecule is CCc1ccc(-c2cccc[n+]2C)c(C)c1.Cc1cc(C(C)C)ccc1-c1cccc[n+]1C.Cc1cc(CC(C)C)ccc1-c1cccc[n+]1C.Cc1ccc(-c2cccc[n+]2C)c(C)c1.[2H]C([2H])([2H])c1ccc(-c2cccc[n+]2C)c(C)c1. The monoisotopic (exact) mass is 1080 g/mol. The van der Waals surface area contributed by atoms with E-state index in [1.807, 2.05) is 55.1 Å². The second-order valence-electron chi connectivity index (χ2n) is 22.3. The number of hydrogen-bond acceptors (Lipinski definition) is 0. The maximum absolute atomic E-state index is 7.42. The van der Waals surface area contributed by atoms with E-state index in [0.717, 1.165) is 29.7 Å². The highest BCUT2D eigenvalue weighted by Crippen LogP contribution is 2.27. The van der Waals surface area contributed by atoms with Crippen molar-refractivity contribution < 1.29 is 26.9 Å². The van der Waals surface area contributed by atoms with Crippen LogP contribution in [0.5, 0.6) is 0 Å². The third-order valence-corrected chi connectivity index (χ3v) is 14.8. The molecule has 0 aliphatic carbocycles. The van der Waals surface area contributed by atoms with Gasteiger partial charge in [0.1, 0.15) is 35.2 Å². The van der Waals surface area contributed by atoms with Crippen molar-refractivity contribution in [3.8, 4) is 56.3 Å². The zero-order valence-corrected chi connectivity index (χ0v) is 51.5. The molecule has 0 amide bonds. The van der Waals surface area contributed by atoms with E-state index in [1.165, 1.54) is 89.5 Å². The number of aromatic nitrogens is 5. The van der Waals surface area contributed by atoms with Crippen LogP contribution in [0.2, 0.25) is 0 Å². The van der Waals surface area contributed by atoms with E-state index in [4.69, 9.17) is 4.11 Å². The van der Waals surface area contributed by atoms with Crippen LogP contribution >= 0.6 is 0 Å². The molecule has 0 aliphatic rings.